The number of hydrogen-bond donors (Lipinski definition) is 0. The van der Waals surface area contributed by atoms with Crippen molar-refractivity contribution in [1.29, 1.82) is 0 Å². The third kappa shape index (κ3) is 37.3. The van der Waals surface area contributed by atoms with Crippen LogP contribution in [0.5, 0.6) is 0 Å². The Labute approximate surface area is 71.0 Å². The van der Waals surface area contributed by atoms with E-state index < -0.39 is 9.17 Å². The van der Waals surface area contributed by atoms with Crippen LogP contribution in [0, 0.1) is 0 Å². The Bertz CT molecular complexity index is 29.9. The Morgan fingerprint density at radius 3 is 1.40 bits per heavy atom. The van der Waals surface area contributed by atoms with E-state index in [9.17, 15) is 0 Å². The van der Waals surface area contributed by atoms with E-state index in [4.69, 9.17) is 14.1 Å². The minimum absolute atomic E-state index is 0. The van der Waals surface area contributed by atoms with Crippen LogP contribution < -0.4 is 9.59 Å². The van der Waals surface area contributed by atoms with Crippen molar-refractivity contribution in [2.45, 2.75) is 0 Å². The summed E-state index contributed by atoms with van der Waals surface area (Å²) in [6, 6.07) is 0. The first kappa shape index (κ1) is 9.50. The molecule has 5 heavy (non-hydrogen) atoms. The van der Waals surface area contributed by atoms with E-state index >= 15 is 0 Å². The standard InChI is InChI=1S/Ba.O3Si/c;1-4(2)3/q+2;-2. The third-order valence-corrected chi connectivity index (χ3v) is 0. The second-order valence-corrected chi connectivity index (χ2v) is 0.750. The molecule has 0 bridgehead atoms. The van der Waals surface area contributed by atoms with Gasteiger partial charge in [-0.15, -0.1) is 0 Å². The Hall–Kier alpha value is 1.19. The van der Waals surface area contributed by atoms with Crippen molar-refractivity contribution in [2.24, 2.45) is 0 Å². The van der Waals surface area contributed by atoms with Crippen LogP contribution in [0.4, 0.5) is 0 Å². The zero-order valence-corrected chi connectivity index (χ0v) is 7.87. The molecule has 0 saturated heterocycles. The van der Waals surface area contributed by atoms with Gasteiger partial charge in [0, 0.05) is 9.17 Å². The first-order valence-electron chi connectivity index (χ1n) is 0.612. The summed E-state index contributed by atoms with van der Waals surface area (Å²) in [4.78, 5) is 17.0. The van der Waals surface area contributed by atoms with Gasteiger partial charge in [-0.2, -0.15) is 0 Å². The Morgan fingerprint density at radius 1 is 1.40 bits per heavy atom. The fourth-order valence-electron chi connectivity index (χ4n) is 0. The van der Waals surface area contributed by atoms with Crippen LogP contribution in [0.1, 0.15) is 0 Å². The van der Waals surface area contributed by atoms with Crippen molar-refractivity contribution in [2.75, 3.05) is 0 Å². The molecule has 0 aliphatic heterocycles. The van der Waals surface area contributed by atoms with Crippen molar-refractivity contribution in [3.05, 3.63) is 0 Å². The minimum Gasteiger partial charge on any atom is -0.672 e. The van der Waals surface area contributed by atoms with Crippen molar-refractivity contribution in [1.82, 2.24) is 0 Å². The van der Waals surface area contributed by atoms with Crippen LogP contribution in [0.15, 0.2) is 0 Å². The molecule has 0 spiro atoms. The summed E-state index contributed by atoms with van der Waals surface area (Å²) in [5, 5.41) is 0. The monoisotopic (exact) mass is 214 g/mol. The molecule has 0 rings (SSSR count). The average Bonchev–Trinajstić information content (AvgIpc) is 0.811. The molecule has 3 nitrogen and oxygen atoms in total. The SMILES string of the molecule is O=[Si]([O-])[O-].[Ba+2]. The fourth-order valence-corrected chi connectivity index (χ4v) is 0. The summed E-state index contributed by atoms with van der Waals surface area (Å²) in [5.41, 5.74) is 0. The van der Waals surface area contributed by atoms with Gasteiger partial charge in [-0.3, -0.25) is 0 Å². The van der Waals surface area contributed by atoms with Crippen LogP contribution in [-0.2, 0) is 4.46 Å². The largest absolute Gasteiger partial charge is 2.00 e. The predicted octanol–water partition coefficient (Wildman–Crippen LogP) is -3.26. The zero-order chi connectivity index (χ0) is 3.58. The molecule has 0 N–H and O–H groups in total. The van der Waals surface area contributed by atoms with E-state index in [0.29, 0.717) is 0 Å². The van der Waals surface area contributed by atoms with E-state index in [-0.39, 0.29) is 48.9 Å². The molecule has 0 aromatic heterocycles. The van der Waals surface area contributed by atoms with Crippen LogP contribution in [-0.4, -0.2) is 58.1 Å². The van der Waals surface area contributed by atoms with Gasteiger partial charge in [0.2, 0.25) is 0 Å². The topological polar surface area (TPSA) is 63.2 Å². The second kappa shape index (κ2) is 5.19. The van der Waals surface area contributed by atoms with Crippen LogP contribution in [0.25, 0.3) is 0 Å². The van der Waals surface area contributed by atoms with E-state index in [2.05, 4.69) is 0 Å². The van der Waals surface area contributed by atoms with Gasteiger partial charge in [0.05, 0.1) is 0 Å². The molecule has 0 aliphatic rings. The van der Waals surface area contributed by atoms with Gasteiger partial charge < -0.3 is 14.1 Å². The van der Waals surface area contributed by atoms with Crippen molar-refractivity contribution < 1.29 is 14.1 Å². The maximum absolute atomic E-state index is 8.52. The van der Waals surface area contributed by atoms with Crippen LogP contribution in [0.3, 0.4) is 0 Å². The molecule has 0 aromatic rings. The number of rotatable bonds is 0. The summed E-state index contributed by atoms with van der Waals surface area (Å²) in [6.07, 6.45) is 0. The molecule has 0 heterocycles. The summed E-state index contributed by atoms with van der Waals surface area (Å²) < 4.78 is 8.52. The minimum atomic E-state index is -3.63. The van der Waals surface area contributed by atoms with Gasteiger partial charge in [0.25, 0.3) is 0 Å². The molecule has 0 aliphatic carbocycles. The molecule has 0 unspecified atom stereocenters. The zero-order valence-electron chi connectivity index (χ0n) is 2.43. The Balaban J connectivity index is 0. The first-order chi connectivity index (χ1) is 1.73. The maximum Gasteiger partial charge on any atom is 2.00 e. The molecule has 0 atom stereocenters. The van der Waals surface area contributed by atoms with Gasteiger partial charge in [-0.25, -0.2) is 0 Å². The van der Waals surface area contributed by atoms with Crippen LogP contribution >= 0.6 is 0 Å². The third-order valence-electron chi connectivity index (χ3n) is 0. The van der Waals surface area contributed by atoms with Gasteiger partial charge >= 0.3 is 48.9 Å². The molecule has 5 heteroatoms. The van der Waals surface area contributed by atoms with Gasteiger partial charge in [-0.05, 0) is 0 Å². The average molecular weight is 213 g/mol. The predicted molar refractivity (Wildman–Crippen MR) is 12.2 cm³/mol. The van der Waals surface area contributed by atoms with E-state index in [1.165, 1.54) is 0 Å². The molecule has 0 fully saturated rings. The summed E-state index contributed by atoms with van der Waals surface area (Å²) >= 11 is 0. The fraction of sp³-hybridized carbons (Fsp3) is 0. The molecular formula is BaO3Si. The molecule has 24 valence electrons. The van der Waals surface area contributed by atoms with Gasteiger partial charge in [0.1, 0.15) is 0 Å². The molecule has 0 saturated carbocycles. The van der Waals surface area contributed by atoms with E-state index in [0.717, 1.165) is 0 Å². The normalized spacial score (nSPS) is 4.80. The van der Waals surface area contributed by atoms with Crippen molar-refractivity contribution >= 4 is 58.1 Å². The van der Waals surface area contributed by atoms with Gasteiger partial charge in [0.15, 0.2) is 0 Å². The molecule has 0 amide bonds. The summed E-state index contributed by atoms with van der Waals surface area (Å²) in [6.45, 7) is 0. The van der Waals surface area contributed by atoms with E-state index in [1.54, 1.807) is 0 Å². The van der Waals surface area contributed by atoms with Crippen molar-refractivity contribution in [3.8, 4) is 0 Å². The summed E-state index contributed by atoms with van der Waals surface area (Å²) in [7, 11) is -3.63. The molecule has 0 aromatic carbocycles. The smallest absolute Gasteiger partial charge is 0.672 e. The van der Waals surface area contributed by atoms with Crippen LogP contribution in [0.2, 0.25) is 0 Å². The Morgan fingerprint density at radius 2 is 1.40 bits per heavy atom. The number of hydrogen-bond acceptors (Lipinski definition) is 3. The Kier molecular flexibility index (Phi) is 9.85. The summed E-state index contributed by atoms with van der Waals surface area (Å²) in [5.74, 6) is 0. The van der Waals surface area contributed by atoms with E-state index in [1.807, 2.05) is 0 Å². The molecule has 0 radical (unpaired) electrons. The second-order valence-electron chi connectivity index (χ2n) is 0.250. The maximum atomic E-state index is 8.52. The quantitative estimate of drug-likeness (QED) is 0.397. The first-order valence-corrected chi connectivity index (χ1v) is 1.84. The molecular weight excluding hydrogens is 213 g/mol. The van der Waals surface area contributed by atoms with Gasteiger partial charge in [-0.1, -0.05) is 0 Å². The van der Waals surface area contributed by atoms with Crippen molar-refractivity contribution in [3.63, 3.8) is 0 Å².